The third kappa shape index (κ3) is 1.38. The van der Waals surface area contributed by atoms with Crippen LogP contribution in [0.25, 0.3) is 10.2 Å². The average Bonchev–Trinajstić information content (AvgIpc) is 2.43. The van der Waals surface area contributed by atoms with Gasteiger partial charge < -0.3 is 5.73 Å². The number of benzene rings is 1. The molecule has 1 aromatic carbocycles. The monoisotopic (exact) mass is 212 g/mol. The summed E-state index contributed by atoms with van der Waals surface area (Å²) in [6, 6.07) is 5.25. The lowest BCUT2D eigenvalue weighted by Gasteiger charge is -1.94. The number of carbonyl (C=O) groups is 1. The topological polar surface area (TPSA) is 56.0 Å². The van der Waals surface area contributed by atoms with Crippen molar-refractivity contribution in [1.82, 2.24) is 4.98 Å². The first kappa shape index (κ1) is 8.47. The zero-order valence-electron chi connectivity index (χ0n) is 6.45. The molecule has 0 fully saturated rings. The van der Waals surface area contributed by atoms with Gasteiger partial charge in [0.25, 0.3) is 5.91 Å². The highest BCUT2D eigenvalue weighted by Gasteiger charge is 2.09. The molecular formula is C8H5ClN2OS. The second-order valence-electron chi connectivity index (χ2n) is 2.48. The van der Waals surface area contributed by atoms with E-state index in [0.717, 1.165) is 4.70 Å². The van der Waals surface area contributed by atoms with Gasteiger partial charge in [-0.05, 0) is 12.1 Å². The first-order chi connectivity index (χ1) is 6.18. The molecule has 2 rings (SSSR count). The van der Waals surface area contributed by atoms with Crippen LogP contribution in [0, 0.1) is 0 Å². The highest BCUT2D eigenvalue weighted by Crippen LogP contribution is 2.27. The number of hydrogen-bond acceptors (Lipinski definition) is 3. The summed E-state index contributed by atoms with van der Waals surface area (Å²) in [5, 5.41) is 0. The van der Waals surface area contributed by atoms with E-state index in [2.05, 4.69) is 4.98 Å². The van der Waals surface area contributed by atoms with Gasteiger partial charge in [0.05, 0.1) is 15.8 Å². The van der Waals surface area contributed by atoms with Gasteiger partial charge in [-0.3, -0.25) is 4.79 Å². The molecule has 0 saturated carbocycles. The van der Waals surface area contributed by atoms with Gasteiger partial charge >= 0.3 is 0 Å². The first-order valence-corrected chi connectivity index (χ1v) is 4.73. The van der Waals surface area contributed by atoms with Crippen molar-refractivity contribution in [3.05, 3.63) is 28.2 Å². The smallest absolute Gasteiger partial charge is 0.250 e. The zero-order chi connectivity index (χ0) is 9.42. The fourth-order valence-electron chi connectivity index (χ4n) is 1.12. The maximum absolute atomic E-state index is 11.0. The van der Waals surface area contributed by atoms with Crippen LogP contribution >= 0.6 is 22.9 Å². The van der Waals surface area contributed by atoms with Crippen molar-refractivity contribution < 1.29 is 4.79 Å². The fraction of sp³-hybridized carbons (Fsp3) is 0. The number of nitrogens with zero attached hydrogens (tertiary/aromatic N) is 1. The number of nitrogens with two attached hydrogens (primary N) is 1. The standard InChI is InChI=1S/C8H5ClN2OS/c9-8-11-6-4(7(10)12)2-1-3-5(6)13-8/h1-3H,(H2,10,12). The molecular weight excluding hydrogens is 208 g/mol. The summed E-state index contributed by atoms with van der Waals surface area (Å²) in [6.45, 7) is 0. The van der Waals surface area contributed by atoms with Gasteiger partial charge in [-0.1, -0.05) is 17.7 Å². The molecule has 0 bridgehead atoms. The second-order valence-corrected chi connectivity index (χ2v) is 4.10. The Hall–Kier alpha value is -1.13. The third-order valence-corrected chi connectivity index (χ3v) is 2.78. The molecule has 0 aliphatic heterocycles. The molecule has 0 unspecified atom stereocenters. The van der Waals surface area contributed by atoms with E-state index < -0.39 is 5.91 Å². The number of thiazole rings is 1. The van der Waals surface area contributed by atoms with E-state index in [4.69, 9.17) is 17.3 Å². The minimum Gasteiger partial charge on any atom is -0.366 e. The van der Waals surface area contributed by atoms with Crippen LogP contribution in [0.2, 0.25) is 4.47 Å². The number of primary amides is 1. The molecule has 2 aromatic rings. The second kappa shape index (κ2) is 2.97. The number of amides is 1. The highest BCUT2D eigenvalue weighted by atomic mass is 35.5. The zero-order valence-corrected chi connectivity index (χ0v) is 8.02. The van der Waals surface area contributed by atoms with Gasteiger partial charge in [-0.2, -0.15) is 0 Å². The number of fused-ring (bicyclic) bond motifs is 1. The SMILES string of the molecule is NC(=O)c1cccc2sc(Cl)nc12. The van der Waals surface area contributed by atoms with E-state index in [0.29, 0.717) is 15.5 Å². The van der Waals surface area contributed by atoms with Gasteiger partial charge in [-0.15, -0.1) is 11.3 Å². The molecule has 1 aromatic heterocycles. The molecule has 0 spiro atoms. The molecule has 66 valence electrons. The molecule has 13 heavy (non-hydrogen) atoms. The predicted molar refractivity (Wildman–Crippen MR) is 53.1 cm³/mol. The van der Waals surface area contributed by atoms with Crippen LogP contribution in [-0.4, -0.2) is 10.9 Å². The summed E-state index contributed by atoms with van der Waals surface area (Å²) in [5.74, 6) is -0.479. The van der Waals surface area contributed by atoms with E-state index in [1.54, 1.807) is 12.1 Å². The van der Waals surface area contributed by atoms with Crippen LogP contribution in [0.1, 0.15) is 10.4 Å². The van der Waals surface area contributed by atoms with Crippen molar-refractivity contribution in [2.24, 2.45) is 5.73 Å². The van der Waals surface area contributed by atoms with Gasteiger partial charge in [0.2, 0.25) is 0 Å². The summed E-state index contributed by atoms with van der Waals surface area (Å²) < 4.78 is 1.30. The number of halogens is 1. The Morgan fingerprint density at radius 1 is 1.54 bits per heavy atom. The number of carbonyl (C=O) groups excluding carboxylic acids is 1. The summed E-state index contributed by atoms with van der Waals surface area (Å²) in [4.78, 5) is 15.0. The Labute approximate surface area is 83.1 Å². The van der Waals surface area contributed by atoms with E-state index in [-0.39, 0.29) is 0 Å². The van der Waals surface area contributed by atoms with Crippen LogP contribution in [0.5, 0.6) is 0 Å². The van der Waals surface area contributed by atoms with Gasteiger partial charge in [0.15, 0.2) is 4.47 Å². The lowest BCUT2D eigenvalue weighted by atomic mass is 10.2. The molecule has 0 saturated heterocycles. The summed E-state index contributed by atoms with van der Waals surface area (Å²) in [6.07, 6.45) is 0. The molecule has 0 atom stereocenters. The van der Waals surface area contributed by atoms with Gasteiger partial charge in [0, 0.05) is 0 Å². The van der Waals surface area contributed by atoms with E-state index in [1.807, 2.05) is 6.07 Å². The Kier molecular flexibility index (Phi) is 1.94. The number of rotatable bonds is 1. The average molecular weight is 213 g/mol. The Bertz CT molecular complexity index is 480. The highest BCUT2D eigenvalue weighted by molar-refractivity contribution is 7.22. The number of aromatic nitrogens is 1. The van der Waals surface area contributed by atoms with Crippen LogP contribution < -0.4 is 5.73 Å². The summed E-state index contributed by atoms with van der Waals surface area (Å²) >= 11 is 7.05. The third-order valence-electron chi connectivity index (χ3n) is 1.66. The largest absolute Gasteiger partial charge is 0.366 e. The molecule has 1 amide bonds. The lowest BCUT2D eigenvalue weighted by molar-refractivity contribution is 0.100. The molecule has 1 heterocycles. The van der Waals surface area contributed by atoms with Gasteiger partial charge in [0.1, 0.15) is 0 Å². The van der Waals surface area contributed by atoms with Crippen molar-refractivity contribution in [2.75, 3.05) is 0 Å². The van der Waals surface area contributed by atoms with Crippen LogP contribution in [-0.2, 0) is 0 Å². The Balaban J connectivity index is 2.82. The number of hydrogen-bond donors (Lipinski definition) is 1. The first-order valence-electron chi connectivity index (χ1n) is 3.53. The maximum Gasteiger partial charge on any atom is 0.250 e. The van der Waals surface area contributed by atoms with E-state index in [1.165, 1.54) is 11.3 Å². The Morgan fingerprint density at radius 3 is 3.00 bits per heavy atom. The van der Waals surface area contributed by atoms with E-state index >= 15 is 0 Å². The minimum absolute atomic E-state index is 0.417. The lowest BCUT2D eigenvalue weighted by Crippen LogP contribution is -2.11. The number of para-hydroxylation sites is 1. The van der Waals surface area contributed by atoms with Gasteiger partial charge in [-0.25, -0.2) is 4.98 Å². The van der Waals surface area contributed by atoms with Crippen molar-refractivity contribution in [3.8, 4) is 0 Å². The molecule has 0 radical (unpaired) electrons. The summed E-state index contributed by atoms with van der Waals surface area (Å²) in [7, 11) is 0. The normalized spacial score (nSPS) is 10.5. The minimum atomic E-state index is -0.479. The van der Waals surface area contributed by atoms with Crippen LogP contribution in [0.4, 0.5) is 0 Å². The van der Waals surface area contributed by atoms with E-state index in [9.17, 15) is 4.79 Å². The van der Waals surface area contributed by atoms with Crippen molar-refractivity contribution in [3.63, 3.8) is 0 Å². The quantitative estimate of drug-likeness (QED) is 0.787. The van der Waals surface area contributed by atoms with Crippen LogP contribution in [0.3, 0.4) is 0 Å². The summed E-state index contributed by atoms with van der Waals surface area (Å²) in [5.41, 5.74) is 6.18. The predicted octanol–water partition coefficient (Wildman–Crippen LogP) is 2.05. The molecule has 3 nitrogen and oxygen atoms in total. The fourth-order valence-corrected chi connectivity index (χ4v) is 2.17. The van der Waals surface area contributed by atoms with Crippen LogP contribution in [0.15, 0.2) is 18.2 Å². The van der Waals surface area contributed by atoms with Crippen molar-refractivity contribution in [1.29, 1.82) is 0 Å². The molecule has 2 N–H and O–H groups in total. The Morgan fingerprint density at radius 2 is 2.31 bits per heavy atom. The van der Waals surface area contributed by atoms with Crippen molar-refractivity contribution >= 4 is 39.1 Å². The maximum atomic E-state index is 11.0. The molecule has 0 aliphatic rings. The molecule has 0 aliphatic carbocycles. The van der Waals surface area contributed by atoms with Crippen molar-refractivity contribution in [2.45, 2.75) is 0 Å². The molecule has 5 heteroatoms.